The first-order valence-electron chi connectivity index (χ1n) is 3.16. The second-order valence-corrected chi connectivity index (χ2v) is 2.54. The van der Waals surface area contributed by atoms with E-state index in [0.29, 0.717) is 17.7 Å². The van der Waals surface area contributed by atoms with Crippen molar-refractivity contribution in [3.8, 4) is 0 Å². The van der Waals surface area contributed by atoms with Crippen molar-refractivity contribution in [3.05, 3.63) is 0 Å². The molecule has 0 spiro atoms. The largest absolute Gasteiger partial charge is 0.471 e. The number of nitrogens with zero attached hydrogens (tertiary/aromatic N) is 1. The van der Waals surface area contributed by atoms with E-state index in [-0.39, 0.29) is 0 Å². The Bertz CT molecular complexity index is 110. The van der Waals surface area contributed by atoms with Gasteiger partial charge in [0.1, 0.15) is 0 Å². The number of hydrogen-bond acceptors (Lipinski definition) is 2. The zero-order valence-electron chi connectivity index (χ0n) is 6.26. The van der Waals surface area contributed by atoms with Gasteiger partial charge in [0.15, 0.2) is 0 Å². The third-order valence-electron chi connectivity index (χ3n) is 0.999. The van der Waals surface area contributed by atoms with Gasteiger partial charge in [-0.05, 0) is 19.1 Å². The van der Waals surface area contributed by atoms with Crippen molar-refractivity contribution >= 4 is 29.0 Å². The molecule has 0 saturated heterocycles. The van der Waals surface area contributed by atoms with Gasteiger partial charge in [-0.25, -0.2) is 0 Å². The van der Waals surface area contributed by atoms with Crippen LogP contribution < -0.4 is 0 Å². The van der Waals surface area contributed by atoms with Crippen LogP contribution in [0.1, 0.15) is 6.92 Å². The van der Waals surface area contributed by atoms with Crippen LogP contribution in [0.15, 0.2) is 0 Å². The lowest BCUT2D eigenvalue weighted by Gasteiger charge is -2.17. The van der Waals surface area contributed by atoms with Crippen LogP contribution >= 0.6 is 23.8 Å². The molecule has 60 valence electrons. The molecule has 0 aliphatic rings. The highest BCUT2D eigenvalue weighted by Gasteiger charge is 2.01. The summed E-state index contributed by atoms with van der Waals surface area (Å²) in [4.78, 5) is 1.81. The quantitative estimate of drug-likeness (QED) is 0.484. The highest BCUT2D eigenvalue weighted by Crippen LogP contribution is 1.90. The summed E-state index contributed by atoms with van der Waals surface area (Å²) in [5.74, 6) is 0.573. The summed E-state index contributed by atoms with van der Waals surface area (Å²) in [5.41, 5.74) is 0. The van der Waals surface area contributed by atoms with E-state index in [2.05, 4.69) is 0 Å². The highest BCUT2D eigenvalue weighted by molar-refractivity contribution is 7.80. The lowest BCUT2D eigenvalue weighted by atomic mass is 10.7. The van der Waals surface area contributed by atoms with Crippen molar-refractivity contribution < 1.29 is 4.74 Å². The maximum absolute atomic E-state index is 5.48. The fraction of sp³-hybridized carbons (Fsp3) is 0.833. The van der Waals surface area contributed by atoms with E-state index in [1.54, 1.807) is 0 Å². The maximum atomic E-state index is 5.48. The van der Waals surface area contributed by atoms with Gasteiger partial charge in [0.05, 0.1) is 6.61 Å². The van der Waals surface area contributed by atoms with E-state index in [1.807, 2.05) is 18.9 Å². The Balaban J connectivity index is 3.49. The second kappa shape index (κ2) is 5.74. The molecule has 0 aliphatic heterocycles. The van der Waals surface area contributed by atoms with Gasteiger partial charge in [-0.1, -0.05) is 0 Å². The van der Waals surface area contributed by atoms with Gasteiger partial charge in [-0.2, -0.15) is 0 Å². The van der Waals surface area contributed by atoms with Gasteiger partial charge in [-0.3, -0.25) is 0 Å². The average molecular weight is 182 g/mol. The predicted octanol–water partition coefficient (Wildman–Crippen LogP) is 1.48. The Morgan fingerprint density at radius 1 is 1.70 bits per heavy atom. The summed E-state index contributed by atoms with van der Waals surface area (Å²) in [6, 6.07) is 0. The Kier molecular flexibility index (Phi) is 5.73. The fourth-order valence-electron chi connectivity index (χ4n) is 0.452. The molecule has 0 radical (unpaired) electrons. The predicted molar refractivity (Wildman–Crippen MR) is 47.6 cm³/mol. The molecule has 0 aromatic carbocycles. The Morgan fingerprint density at radius 3 is 2.70 bits per heavy atom. The highest BCUT2D eigenvalue weighted by atomic mass is 35.5. The van der Waals surface area contributed by atoms with Crippen LogP contribution in [0.4, 0.5) is 0 Å². The van der Waals surface area contributed by atoms with E-state index in [9.17, 15) is 0 Å². The number of halogens is 1. The molecule has 0 fully saturated rings. The van der Waals surface area contributed by atoms with Crippen molar-refractivity contribution in [1.82, 2.24) is 4.90 Å². The zero-order chi connectivity index (χ0) is 7.98. The molecule has 0 aromatic heterocycles. The Labute approximate surface area is 72.1 Å². The van der Waals surface area contributed by atoms with Gasteiger partial charge < -0.3 is 9.64 Å². The van der Waals surface area contributed by atoms with Crippen LogP contribution in [0.5, 0.6) is 0 Å². The maximum Gasteiger partial charge on any atom is 0.259 e. The first-order chi connectivity index (χ1) is 4.72. The zero-order valence-corrected chi connectivity index (χ0v) is 7.84. The molecule has 0 amide bonds. The summed E-state index contributed by atoms with van der Waals surface area (Å²) >= 11 is 10.4. The van der Waals surface area contributed by atoms with Crippen LogP contribution in [0.25, 0.3) is 0 Å². The molecule has 0 aromatic rings. The fourth-order valence-corrected chi connectivity index (χ4v) is 0.914. The molecule has 0 bridgehead atoms. The molecule has 0 saturated carbocycles. The number of thiocarbonyl (C=S) groups is 1. The van der Waals surface area contributed by atoms with E-state index in [4.69, 9.17) is 28.6 Å². The smallest absolute Gasteiger partial charge is 0.259 e. The van der Waals surface area contributed by atoms with Crippen molar-refractivity contribution in [3.63, 3.8) is 0 Å². The van der Waals surface area contributed by atoms with Crippen LogP contribution in [0.2, 0.25) is 0 Å². The van der Waals surface area contributed by atoms with E-state index >= 15 is 0 Å². The molecule has 0 heterocycles. The molecule has 0 unspecified atom stereocenters. The minimum absolute atomic E-state index is 0.517. The lowest BCUT2D eigenvalue weighted by Crippen LogP contribution is -2.28. The first kappa shape index (κ1) is 9.98. The molecule has 4 heteroatoms. The van der Waals surface area contributed by atoms with E-state index < -0.39 is 0 Å². The molecule has 0 rings (SSSR count). The summed E-state index contributed by atoms with van der Waals surface area (Å²) < 4.78 is 5.05. The summed E-state index contributed by atoms with van der Waals surface area (Å²) in [7, 11) is 1.86. The first-order valence-corrected chi connectivity index (χ1v) is 4.10. The summed E-state index contributed by atoms with van der Waals surface area (Å²) in [6.07, 6.45) is 0. The van der Waals surface area contributed by atoms with Gasteiger partial charge in [-0.15, -0.1) is 11.6 Å². The molecular weight excluding hydrogens is 170 g/mol. The topological polar surface area (TPSA) is 12.5 Å². The third kappa shape index (κ3) is 3.90. The number of hydrogen-bond donors (Lipinski definition) is 0. The molecular formula is C6H12ClNOS. The van der Waals surface area contributed by atoms with Crippen molar-refractivity contribution in [2.45, 2.75) is 6.92 Å². The molecule has 0 atom stereocenters. The normalized spacial score (nSPS) is 9.10. The SMILES string of the molecule is CCOC(=S)N(C)CCCl. The Morgan fingerprint density at radius 2 is 2.30 bits per heavy atom. The number of rotatable bonds is 3. The van der Waals surface area contributed by atoms with Crippen molar-refractivity contribution in [2.75, 3.05) is 26.1 Å². The Hall–Kier alpha value is -0.0200. The van der Waals surface area contributed by atoms with Crippen molar-refractivity contribution in [1.29, 1.82) is 0 Å². The molecule has 10 heavy (non-hydrogen) atoms. The minimum atomic E-state index is 0.517. The van der Waals surface area contributed by atoms with Gasteiger partial charge >= 0.3 is 0 Å². The van der Waals surface area contributed by atoms with Crippen LogP contribution in [-0.2, 0) is 4.74 Å². The van der Waals surface area contributed by atoms with Crippen LogP contribution in [-0.4, -0.2) is 36.2 Å². The summed E-state index contributed by atoms with van der Waals surface area (Å²) in [5, 5.41) is 0.517. The summed E-state index contributed by atoms with van der Waals surface area (Å²) in [6.45, 7) is 3.26. The number of ether oxygens (including phenoxy) is 1. The van der Waals surface area contributed by atoms with Crippen LogP contribution in [0.3, 0.4) is 0 Å². The molecule has 0 N–H and O–H groups in total. The average Bonchev–Trinajstić information content (AvgIpc) is 1.89. The lowest BCUT2D eigenvalue weighted by molar-refractivity contribution is 0.277. The molecule has 2 nitrogen and oxygen atoms in total. The van der Waals surface area contributed by atoms with E-state index in [1.165, 1.54) is 0 Å². The standard InChI is InChI=1S/C6H12ClNOS/c1-3-9-6(10)8(2)5-4-7/h3-5H2,1-2H3. The van der Waals surface area contributed by atoms with Crippen LogP contribution in [0, 0.1) is 0 Å². The van der Waals surface area contributed by atoms with E-state index in [0.717, 1.165) is 6.54 Å². The second-order valence-electron chi connectivity index (χ2n) is 1.81. The third-order valence-corrected chi connectivity index (χ3v) is 1.60. The monoisotopic (exact) mass is 181 g/mol. The van der Waals surface area contributed by atoms with Gasteiger partial charge in [0, 0.05) is 19.5 Å². The number of alkyl halides is 1. The molecule has 0 aliphatic carbocycles. The van der Waals surface area contributed by atoms with Gasteiger partial charge in [0.2, 0.25) is 0 Å². The minimum Gasteiger partial charge on any atom is -0.471 e. The van der Waals surface area contributed by atoms with Crippen molar-refractivity contribution in [2.24, 2.45) is 0 Å². The van der Waals surface area contributed by atoms with Gasteiger partial charge in [0.25, 0.3) is 5.17 Å².